The summed E-state index contributed by atoms with van der Waals surface area (Å²) in [5.74, 6) is 0.566. The predicted octanol–water partition coefficient (Wildman–Crippen LogP) is 3.75. The van der Waals surface area contributed by atoms with Gasteiger partial charge in [-0.15, -0.1) is 0 Å². The number of carbonyl (C=O) groups is 2. The second kappa shape index (κ2) is 9.04. The monoisotopic (exact) mass is 354 g/mol. The van der Waals surface area contributed by atoms with Gasteiger partial charge in [0.2, 0.25) is 5.91 Å². The average molecular weight is 354 g/mol. The molecule has 0 fully saturated rings. The molecule has 1 N–H and O–H groups in total. The number of hydrogen-bond donors (Lipinski definition) is 1. The first-order chi connectivity index (χ1) is 12.4. The van der Waals surface area contributed by atoms with Crippen molar-refractivity contribution in [1.29, 1.82) is 0 Å². The standard InChI is InChI=1S/C21H26N2O3/c1-15(2)26-19-8-6-5-7-18(19)22-20(24)14-11-16-9-12-17(13-10-16)21(25)23(3)4/h5-10,12-13,15H,11,14H2,1-4H3,(H,22,24). The largest absolute Gasteiger partial charge is 0.489 e. The SMILES string of the molecule is CC(C)Oc1ccccc1NC(=O)CCc1ccc(C(=O)N(C)C)cc1. The molecular weight excluding hydrogens is 328 g/mol. The Morgan fingerprint density at radius 2 is 1.69 bits per heavy atom. The zero-order chi connectivity index (χ0) is 19.1. The van der Waals surface area contributed by atoms with Gasteiger partial charge in [-0.25, -0.2) is 0 Å². The molecule has 5 nitrogen and oxygen atoms in total. The van der Waals surface area contributed by atoms with Gasteiger partial charge in [0.05, 0.1) is 11.8 Å². The van der Waals surface area contributed by atoms with Crippen LogP contribution in [-0.4, -0.2) is 36.9 Å². The molecule has 0 saturated heterocycles. The van der Waals surface area contributed by atoms with Gasteiger partial charge in [0.25, 0.3) is 5.91 Å². The van der Waals surface area contributed by atoms with E-state index >= 15 is 0 Å². The van der Waals surface area contributed by atoms with E-state index in [4.69, 9.17) is 4.74 Å². The number of benzene rings is 2. The summed E-state index contributed by atoms with van der Waals surface area (Å²) in [6, 6.07) is 14.8. The molecule has 2 rings (SSSR count). The average Bonchev–Trinajstić information content (AvgIpc) is 2.61. The van der Waals surface area contributed by atoms with Crippen LogP contribution in [-0.2, 0) is 11.2 Å². The molecule has 0 aliphatic carbocycles. The van der Waals surface area contributed by atoms with Crippen molar-refractivity contribution in [2.75, 3.05) is 19.4 Å². The number of ether oxygens (including phenoxy) is 1. The number of nitrogens with zero attached hydrogens (tertiary/aromatic N) is 1. The Hall–Kier alpha value is -2.82. The summed E-state index contributed by atoms with van der Waals surface area (Å²) >= 11 is 0. The van der Waals surface area contributed by atoms with Crippen molar-refractivity contribution < 1.29 is 14.3 Å². The zero-order valence-corrected chi connectivity index (χ0v) is 15.8. The fourth-order valence-corrected chi connectivity index (χ4v) is 2.47. The molecular formula is C21H26N2O3. The third kappa shape index (κ3) is 5.62. The third-order valence-electron chi connectivity index (χ3n) is 3.77. The number of para-hydroxylation sites is 2. The van der Waals surface area contributed by atoms with E-state index in [1.165, 1.54) is 0 Å². The summed E-state index contributed by atoms with van der Waals surface area (Å²) < 4.78 is 5.71. The minimum absolute atomic E-state index is 0.0314. The Balaban J connectivity index is 1.92. The van der Waals surface area contributed by atoms with Gasteiger partial charge in [-0.3, -0.25) is 9.59 Å². The van der Waals surface area contributed by atoms with Crippen molar-refractivity contribution in [3.05, 3.63) is 59.7 Å². The van der Waals surface area contributed by atoms with Crippen molar-refractivity contribution >= 4 is 17.5 Å². The molecule has 2 aromatic rings. The maximum atomic E-state index is 12.3. The molecule has 0 atom stereocenters. The normalized spacial score (nSPS) is 10.5. The van der Waals surface area contributed by atoms with E-state index in [2.05, 4.69) is 5.32 Å². The summed E-state index contributed by atoms with van der Waals surface area (Å²) in [5, 5.41) is 2.91. The fourth-order valence-electron chi connectivity index (χ4n) is 2.47. The van der Waals surface area contributed by atoms with Crippen LogP contribution in [0.25, 0.3) is 0 Å². The van der Waals surface area contributed by atoms with Crippen molar-refractivity contribution in [2.24, 2.45) is 0 Å². The van der Waals surface area contributed by atoms with Gasteiger partial charge in [-0.2, -0.15) is 0 Å². The van der Waals surface area contributed by atoms with Gasteiger partial charge in [0, 0.05) is 26.1 Å². The Morgan fingerprint density at radius 1 is 1.04 bits per heavy atom. The molecule has 0 unspecified atom stereocenters. The zero-order valence-electron chi connectivity index (χ0n) is 15.8. The van der Waals surface area contributed by atoms with E-state index in [1.807, 2.05) is 50.2 Å². The highest BCUT2D eigenvalue weighted by Crippen LogP contribution is 2.25. The lowest BCUT2D eigenvalue weighted by Crippen LogP contribution is -2.21. The highest BCUT2D eigenvalue weighted by molar-refractivity contribution is 5.94. The van der Waals surface area contributed by atoms with E-state index < -0.39 is 0 Å². The Kier molecular flexibility index (Phi) is 6.78. The molecule has 0 saturated carbocycles. The number of amides is 2. The molecule has 0 heterocycles. The molecule has 0 aliphatic heterocycles. The van der Waals surface area contributed by atoms with E-state index in [-0.39, 0.29) is 17.9 Å². The van der Waals surface area contributed by atoms with E-state index in [1.54, 1.807) is 31.1 Å². The Morgan fingerprint density at radius 3 is 2.31 bits per heavy atom. The Labute approximate surface area is 155 Å². The summed E-state index contributed by atoms with van der Waals surface area (Å²) in [5.41, 5.74) is 2.34. The van der Waals surface area contributed by atoms with Crippen LogP contribution in [0.5, 0.6) is 5.75 Å². The molecule has 5 heteroatoms. The number of nitrogens with one attached hydrogen (secondary N) is 1. The maximum absolute atomic E-state index is 12.3. The van der Waals surface area contributed by atoms with Gasteiger partial charge in [-0.1, -0.05) is 24.3 Å². The van der Waals surface area contributed by atoms with Crippen LogP contribution in [0, 0.1) is 0 Å². The first-order valence-electron chi connectivity index (χ1n) is 8.73. The van der Waals surface area contributed by atoms with Crippen LogP contribution in [0.4, 0.5) is 5.69 Å². The molecule has 0 spiro atoms. The van der Waals surface area contributed by atoms with Crippen molar-refractivity contribution in [3.8, 4) is 5.75 Å². The first-order valence-corrected chi connectivity index (χ1v) is 8.73. The van der Waals surface area contributed by atoms with E-state index in [0.29, 0.717) is 29.8 Å². The molecule has 26 heavy (non-hydrogen) atoms. The lowest BCUT2D eigenvalue weighted by Gasteiger charge is -2.14. The summed E-state index contributed by atoms with van der Waals surface area (Å²) in [6.45, 7) is 3.90. The highest BCUT2D eigenvalue weighted by Gasteiger charge is 2.10. The smallest absolute Gasteiger partial charge is 0.253 e. The molecule has 0 aliphatic rings. The van der Waals surface area contributed by atoms with Crippen LogP contribution in [0.3, 0.4) is 0 Å². The summed E-state index contributed by atoms with van der Waals surface area (Å²) in [7, 11) is 3.45. The van der Waals surface area contributed by atoms with Crippen molar-refractivity contribution in [2.45, 2.75) is 32.8 Å². The van der Waals surface area contributed by atoms with Gasteiger partial charge in [-0.05, 0) is 50.1 Å². The Bertz CT molecular complexity index is 752. The fraction of sp³-hybridized carbons (Fsp3) is 0.333. The minimum atomic E-state index is -0.0711. The lowest BCUT2D eigenvalue weighted by molar-refractivity contribution is -0.116. The second-order valence-corrected chi connectivity index (χ2v) is 6.61. The van der Waals surface area contributed by atoms with Gasteiger partial charge in [0.15, 0.2) is 0 Å². The molecule has 0 radical (unpaired) electrons. The predicted molar refractivity (Wildman–Crippen MR) is 104 cm³/mol. The molecule has 2 aromatic carbocycles. The van der Waals surface area contributed by atoms with Crippen LogP contribution in [0.1, 0.15) is 36.2 Å². The number of rotatable bonds is 7. The first kappa shape index (κ1) is 19.5. The summed E-state index contributed by atoms with van der Waals surface area (Å²) in [4.78, 5) is 25.7. The second-order valence-electron chi connectivity index (χ2n) is 6.61. The van der Waals surface area contributed by atoms with Crippen LogP contribution < -0.4 is 10.1 Å². The molecule has 0 bridgehead atoms. The van der Waals surface area contributed by atoms with Crippen LogP contribution in [0.15, 0.2) is 48.5 Å². The van der Waals surface area contributed by atoms with Crippen LogP contribution >= 0.6 is 0 Å². The number of aryl methyl sites for hydroxylation is 1. The quantitative estimate of drug-likeness (QED) is 0.824. The van der Waals surface area contributed by atoms with Gasteiger partial charge >= 0.3 is 0 Å². The van der Waals surface area contributed by atoms with Crippen molar-refractivity contribution in [1.82, 2.24) is 4.90 Å². The molecule has 2 amide bonds. The number of anilines is 1. The van der Waals surface area contributed by atoms with Gasteiger partial charge in [0.1, 0.15) is 5.75 Å². The lowest BCUT2D eigenvalue weighted by atomic mass is 10.1. The van der Waals surface area contributed by atoms with Crippen molar-refractivity contribution in [3.63, 3.8) is 0 Å². The third-order valence-corrected chi connectivity index (χ3v) is 3.77. The molecule has 0 aromatic heterocycles. The minimum Gasteiger partial charge on any atom is -0.489 e. The topological polar surface area (TPSA) is 58.6 Å². The number of carbonyl (C=O) groups excluding carboxylic acids is 2. The van der Waals surface area contributed by atoms with E-state index in [9.17, 15) is 9.59 Å². The molecule has 138 valence electrons. The summed E-state index contributed by atoms with van der Waals surface area (Å²) in [6.07, 6.45) is 1.00. The number of hydrogen-bond acceptors (Lipinski definition) is 3. The van der Waals surface area contributed by atoms with Crippen LogP contribution in [0.2, 0.25) is 0 Å². The maximum Gasteiger partial charge on any atom is 0.253 e. The van der Waals surface area contributed by atoms with E-state index in [0.717, 1.165) is 5.56 Å². The highest BCUT2D eigenvalue weighted by atomic mass is 16.5. The van der Waals surface area contributed by atoms with Gasteiger partial charge < -0.3 is 15.0 Å².